The minimum atomic E-state index is -0.322. The van der Waals surface area contributed by atoms with E-state index in [1.807, 2.05) is 55.6 Å². The first-order chi connectivity index (χ1) is 14.4. The number of aryl methyl sites for hydroxylation is 1. The quantitative estimate of drug-likeness (QED) is 0.510. The number of fused-ring (bicyclic) bond motifs is 2. The molecule has 0 radical (unpaired) electrons. The number of aromatic nitrogens is 1. The lowest BCUT2D eigenvalue weighted by Crippen LogP contribution is -2.45. The van der Waals surface area contributed by atoms with Crippen molar-refractivity contribution in [2.45, 2.75) is 51.7 Å². The molecule has 1 aromatic heterocycles. The zero-order valence-electron chi connectivity index (χ0n) is 17.5. The van der Waals surface area contributed by atoms with E-state index in [4.69, 9.17) is 16.3 Å². The number of carbonyl (C=O) groups excluding carboxylic acids is 1. The molecule has 1 aliphatic heterocycles. The van der Waals surface area contributed by atoms with Crippen molar-refractivity contribution >= 4 is 34.1 Å². The molecule has 0 bridgehead atoms. The average Bonchev–Trinajstić information content (AvgIpc) is 2.73. The topological polar surface area (TPSA) is 63.2 Å². The molecule has 1 aliphatic rings. The second-order valence-corrected chi connectivity index (χ2v) is 8.32. The predicted octanol–water partition coefficient (Wildman–Crippen LogP) is 6.40. The number of nitrogens with zero attached hydrogens (tertiary/aromatic N) is 1. The first-order valence-corrected chi connectivity index (χ1v) is 10.7. The van der Waals surface area contributed by atoms with E-state index in [2.05, 4.69) is 29.5 Å². The lowest BCUT2D eigenvalue weighted by molar-refractivity contribution is 0.0247. The zero-order chi connectivity index (χ0) is 21.3. The van der Waals surface area contributed by atoms with Crippen LogP contribution in [0, 0.1) is 6.92 Å². The Morgan fingerprint density at radius 2 is 2.03 bits per heavy atom. The van der Waals surface area contributed by atoms with Gasteiger partial charge in [0.1, 0.15) is 11.4 Å². The van der Waals surface area contributed by atoms with Gasteiger partial charge in [0.05, 0.1) is 11.7 Å². The molecule has 0 unspecified atom stereocenters. The summed E-state index contributed by atoms with van der Waals surface area (Å²) in [4.78, 5) is 17.3. The van der Waals surface area contributed by atoms with Crippen LogP contribution in [0.25, 0.3) is 10.8 Å². The SMILES string of the molecule is CCC1(CC)C[C@@H](NC(=O)Nc2cccc3cnc(C)cc23)c2ccc(Cl)cc2O1. The second kappa shape index (κ2) is 8.15. The summed E-state index contributed by atoms with van der Waals surface area (Å²) in [5.74, 6) is 0.745. The third-order valence-corrected chi connectivity index (χ3v) is 6.23. The van der Waals surface area contributed by atoms with Gasteiger partial charge in [0.15, 0.2) is 0 Å². The van der Waals surface area contributed by atoms with Crippen LogP contribution in [-0.2, 0) is 0 Å². The van der Waals surface area contributed by atoms with E-state index >= 15 is 0 Å². The Balaban J connectivity index is 1.61. The molecule has 5 nitrogen and oxygen atoms in total. The van der Waals surface area contributed by atoms with Crippen molar-refractivity contribution in [2.75, 3.05) is 5.32 Å². The number of benzene rings is 2. The van der Waals surface area contributed by atoms with Gasteiger partial charge in [-0.15, -0.1) is 0 Å². The minimum Gasteiger partial charge on any atom is -0.487 e. The van der Waals surface area contributed by atoms with E-state index in [9.17, 15) is 4.79 Å². The van der Waals surface area contributed by atoms with Gasteiger partial charge in [-0.05, 0) is 44.0 Å². The fraction of sp³-hybridized carbons (Fsp3) is 0.333. The maximum absolute atomic E-state index is 13.0. The van der Waals surface area contributed by atoms with Gasteiger partial charge in [0.25, 0.3) is 0 Å². The molecule has 0 aliphatic carbocycles. The fourth-order valence-electron chi connectivity index (χ4n) is 4.15. The number of urea groups is 1. The lowest BCUT2D eigenvalue weighted by Gasteiger charge is -2.41. The van der Waals surface area contributed by atoms with E-state index in [0.717, 1.165) is 46.3 Å². The van der Waals surface area contributed by atoms with Crippen LogP contribution in [0.3, 0.4) is 0 Å². The first-order valence-electron chi connectivity index (χ1n) is 10.3. The highest BCUT2D eigenvalue weighted by Gasteiger charge is 2.39. The van der Waals surface area contributed by atoms with E-state index in [-0.39, 0.29) is 17.7 Å². The van der Waals surface area contributed by atoms with Crippen molar-refractivity contribution < 1.29 is 9.53 Å². The Labute approximate surface area is 181 Å². The van der Waals surface area contributed by atoms with Gasteiger partial charge in [-0.25, -0.2) is 4.79 Å². The number of amides is 2. The molecule has 156 valence electrons. The maximum atomic E-state index is 13.0. The molecule has 2 heterocycles. The van der Waals surface area contributed by atoms with Crippen LogP contribution >= 0.6 is 11.6 Å². The Hall–Kier alpha value is -2.79. The van der Waals surface area contributed by atoms with Crippen molar-refractivity contribution in [3.05, 3.63) is 64.9 Å². The molecule has 0 saturated heterocycles. The smallest absolute Gasteiger partial charge is 0.319 e. The molecule has 2 N–H and O–H groups in total. The number of nitrogens with one attached hydrogen (secondary N) is 2. The van der Waals surface area contributed by atoms with Crippen molar-refractivity contribution in [2.24, 2.45) is 0 Å². The number of hydrogen-bond donors (Lipinski definition) is 2. The molecule has 6 heteroatoms. The number of pyridine rings is 1. The van der Waals surface area contributed by atoms with Gasteiger partial charge in [0.2, 0.25) is 0 Å². The van der Waals surface area contributed by atoms with Crippen LogP contribution in [0.15, 0.2) is 48.7 Å². The molecule has 30 heavy (non-hydrogen) atoms. The molecule has 2 aromatic carbocycles. The van der Waals surface area contributed by atoms with Crippen LogP contribution in [0.5, 0.6) is 5.75 Å². The van der Waals surface area contributed by atoms with Crippen molar-refractivity contribution in [1.82, 2.24) is 10.3 Å². The van der Waals surface area contributed by atoms with Gasteiger partial charge in [0, 0.05) is 39.7 Å². The van der Waals surface area contributed by atoms with Crippen LogP contribution in [0.4, 0.5) is 10.5 Å². The van der Waals surface area contributed by atoms with Crippen LogP contribution in [0.2, 0.25) is 5.02 Å². The van der Waals surface area contributed by atoms with E-state index in [1.54, 1.807) is 0 Å². The highest BCUT2D eigenvalue weighted by molar-refractivity contribution is 6.30. The number of ether oxygens (including phenoxy) is 1. The van der Waals surface area contributed by atoms with Crippen LogP contribution in [0.1, 0.15) is 50.4 Å². The monoisotopic (exact) mass is 423 g/mol. The molecule has 2 amide bonds. The molecule has 3 aromatic rings. The first kappa shape index (κ1) is 20.5. The van der Waals surface area contributed by atoms with Crippen LogP contribution in [-0.4, -0.2) is 16.6 Å². The number of halogens is 1. The number of carbonyl (C=O) groups is 1. The van der Waals surface area contributed by atoms with Gasteiger partial charge >= 0.3 is 6.03 Å². The summed E-state index contributed by atoms with van der Waals surface area (Å²) in [6.07, 6.45) is 4.24. The summed E-state index contributed by atoms with van der Waals surface area (Å²) in [6, 6.07) is 13.0. The van der Waals surface area contributed by atoms with Gasteiger partial charge < -0.3 is 15.4 Å². The summed E-state index contributed by atoms with van der Waals surface area (Å²) in [7, 11) is 0. The molecule has 1 atom stereocenters. The standard InChI is InChI=1S/C24H26ClN3O2/c1-4-24(5-2)13-21(18-10-9-17(25)12-22(18)30-24)28-23(29)27-20-8-6-7-16-14-26-15(3)11-19(16)20/h6-12,14,21H,4-5,13H2,1-3H3,(H2,27,28,29)/t21-/m1/s1. The Morgan fingerprint density at radius 3 is 2.80 bits per heavy atom. The van der Waals surface area contributed by atoms with Gasteiger partial charge in [-0.2, -0.15) is 0 Å². The average molecular weight is 424 g/mol. The largest absolute Gasteiger partial charge is 0.487 e. The molecule has 0 fully saturated rings. The Bertz CT molecular complexity index is 1100. The highest BCUT2D eigenvalue weighted by atomic mass is 35.5. The molecular formula is C24H26ClN3O2. The number of hydrogen-bond acceptors (Lipinski definition) is 3. The Kier molecular flexibility index (Phi) is 5.56. The number of rotatable bonds is 4. The van der Waals surface area contributed by atoms with Crippen LogP contribution < -0.4 is 15.4 Å². The second-order valence-electron chi connectivity index (χ2n) is 7.88. The number of anilines is 1. The zero-order valence-corrected chi connectivity index (χ0v) is 18.2. The lowest BCUT2D eigenvalue weighted by atomic mass is 9.83. The van der Waals surface area contributed by atoms with E-state index < -0.39 is 0 Å². The van der Waals surface area contributed by atoms with E-state index in [0.29, 0.717) is 11.4 Å². The van der Waals surface area contributed by atoms with E-state index in [1.165, 1.54) is 0 Å². The fourth-order valence-corrected chi connectivity index (χ4v) is 4.32. The molecule has 4 rings (SSSR count). The molecular weight excluding hydrogens is 398 g/mol. The normalized spacial score (nSPS) is 17.1. The highest BCUT2D eigenvalue weighted by Crippen LogP contribution is 2.43. The third-order valence-electron chi connectivity index (χ3n) is 6.00. The summed E-state index contributed by atoms with van der Waals surface area (Å²) in [5.41, 5.74) is 2.29. The Morgan fingerprint density at radius 1 is 1.23 bits per heavy atom. The van der Waals surface area contributed by atoms with Gasteiger partial charge in [-0.1, -0.05) is 43.6 Å². The molecule has 0 spiro atoms. The maximum Gasteiger partial charge on any atom is 0.319 e. The minimum absolute atomic E-state index is 0.163. The molecule has 0 saturated carbocycles. The van der Waals surface area contributed by atoms with Crippen molar-refractivity contribution in [1.29, 1.82) is 0 Å². The van der Waals surface area contributed by atoms with Gasteiger partial charge in [-0.3, -0.25) is 4.98 Å². The summed E-state index contributed by atoms with van der Waals surface area (Å²) in [6.45, 7) is 6.17. The summed E-state index contributed by atoms with van der Waals surface area (Å²) in [5, 5.41) is 8.76. The summed E-state index contributed by atoms with van der Waals surface area (Å²) >= 11 is 6.20. The third kappa shape index (κ3) is 3.94. The van der Waals surface area contributed by atoms with Crippen molar-refractivity contribution in [3.63, 3.8) is 0 Å². The summed E-state index contributed by atoms with van der Waals surface area (Å²) < 4.78 is 6.34. The predicted molar refractivity (Wildman–Crippen MR) is 121 cm³/mol. The van der Waals surface area contributed by atoms with Crippen molar-refractivity contribution in [3.8, 4) is 5.75 Å².